The zero-order valence-corrected chi connectivity index (χ0v) is 4.15. The maximum Gasteiger partial charge on any atom is 0.134 e. The number of halogens is 1. The Morgan fingerprint density at radius 1 is 1.57 bits per heavy atom. The first-order valence-corrected chi connectivity index (χ1v) is 2.57. The highest BCUT2D eigenvalue weighted by Crippen LogP contribution is 2.34. The Kier molecular flexibility index (Phi) is 1.04. The molecule has 0 aromatic heterocycles. The molecule has 1 nitrogen and oxygen atoms in total. The van der Waals surface area contributed by atoms with Gasteiger partial charge in [-0.05, 0) is 19.3 Å². The van der Waals surface area contributed by atoms with Crippen LogP contribution in [0.15, 0.2) is 0 Å². The summed E-state index contributed by atoms with van der Waals surface area (Å²) in [4.78, 5) is 0. The van der Waals surface area contributed by atoms with Crippen molar-refractivity contribution in [2.75, 3.05) is 6.61 Å². The van der Waals surface area contributed by atoms with Crippen LogP contribution in [-0.4, -0.2) is 17.4 Å². The van der Waals surface area contributed by atoms with Crippen molar-refractivity contribution in [2.45, 2.75) is 24.9 Å². The number of aliphatic hydroxyl groups excluding tert-OH is 1. The van der Waals surface area contributed by atoms with Crippen molar-refractivity contribution in [1.82, 2.24) is 0 Å². The fourth-order valence-electron chi connectivity index (χ4n) is 0.719. The average Bonchev–Trinajstić information content (AvgIpc) is 1.61. The fraction of sp³-hybridized carbons (Fsp3) is 1.00. The van der Waals surface area contributed by atoms with Gasteiger partial charge in [0.15, 0.2) is 0 Å². The second-order valence-corrected chi connectivity index (χ2v) is 2.16. The van der Waals surface area contributed by atoms with Crippen LogP contribution in [0.3, 0.4) is 0 Å². The zero-order chi connectivity index (χ0) is 5.33. The molecule has 0 heterocycles. The molecule has 7 heavy (non-hydrogen) atoms. The summed E-state index contributed by atoms with van der Waals surface area (Å²) < 4.78 is 12.4. The van der Waals surface area contributed by atoms with Gasteiger partial charge in [0.2, 0.25) is 0 Å². The molecule has 1 aliphatic rings. The predicted octanol–water partition coefficient (Wildman–Crippen LogP) is 0.871. The van der Waals surface area contributed by atoms with Crippen molar-refractivity contribution < 1.29 is 9.50 Å². The van der Waals surface area contributed by atoms with Gasteiger partial charge in [-0.15, -0.1) is 0 Å². The van der Waals surface area contributed by atoms with Gasteiger partial charge in [-0.25, -0.2) is 4.39 Å². The molecule has 0 unspecified atom stereocenters. The first-order valence-electron chi connectivity index (χ1n) is 2.57. The molecule has 1 N–H and O–H groups in total. The summed E-state index contributed by atoms with van der Waals surface area (Å²) in [5.74, 6) is 0. The molecule has 2 heteroatoms. The van der Waals surface area contributed by atoms with Crippen LogP contribution in [-0.2, 0) is 0 Å². The van der Waals surface area contributed by atoms with Crippen molar-refractivity contribution in [2.24, 2.45) is 0 Å². The molecule has 0 amide bonds. The third kappa shape index (κ3) is 0.752. The highest BCUT2D eigenvalue weighted by Gasteiger charge is 2.35. The van der Waals surface area contributed by atoms with Crippen LogP contribution >= 0.6 is 0 Å². The van der Waals surface area contributed by atoms with Crippen LogP contribution in [0.25, 0.3) is 0 Å². The molecule has 0 spiro atoms. The van der Waals surface area contributed by atoms with Crippen molar-refractivity contribution in [3.63, 3.8) is 0 Å². The lowest BCUT2D eigenvalue weighted by Crippen LogP contribution is -2.35. The monoisotopic (exact) mass is 104 g/mol. The molecule has 42 valence electrons. The molecule has 0 atom stereocenters. The first-order chi connectivity index (χ1) is 3.27. The third-order valence-corrected chi connectivity index (χ3v) is 1.53. The fourth-order valence-corrected chi connectivity index (χ4v) is 0.719. The van der Waals surface area contributed by atoms with Crippen LogP contribution < -0.4 is 0 Å². The Morgan fingerprint density at radius 3 is 2.14 bits per heavy atom. The van der Waals surface area contributed by atoms with E-state index in [-0.39, 0.29) is 6.61 Å². The van der Waals surface area contributed by atoms with Gasteiger partial charge in [0.1, 0.15) is 5.67 Å². The van der Waals surface area contributed by atoms with Gasteiger partial charge in [-0.3, -0.25) is 0 Å². The van der Waals surface area contributed by atoms with E-state index < -0.39 is 5.67 Å². The van der Waals surface area contributed by atoms with Crippen molar-refractivity contribution in [1.29, 1.82) is 0 Å². The summed E-state index contributed by atoms with van der Waals surface area (Å²) in [5.41, 5.74) is -1.18. The Morgan fingerprint density at radius 2 is 2.14 bits per heavy atom. The lowest BCUT2D eigenvalue weighted by molar-refractivity contribution is 0.00240. The lowest BCUT2D eigenvalue weighted by atomic mass is 9.83. The van der Waals surface area contributed by atoms with Gasteiger partial charge in [0.25, 0.3) is 0 Å². The largest absolute Gasteiger partial charge is 0.393 e. The molecule has 0 aliphatic heterocycles. The second kappa shape index (κ2) is 1.44. The van der Waals surface area contributed by atoms with E-state index in [2.05, 4.69) is 0 Å². The van der Waals surface area contributed by atoms with Gasteiger partial charge >= 0.3 is 0 Å². The van der Waals surface area contributed by atoms with E-state index in [1.54, 1.807) is 0 Å². The van der Waals surface area contributed by atoms with Crippen LogP contribution in [0.2, 0.25) is 0 Å². The number of rotatable bonds is 1. The summed E-state index contributed by atoms with van der Waals surface area (Å²) in [6.45, 7) is -0.285. The number of alkyl halides is 1. The Hall–Kier alpha value is -0.110. The topological polar surface area (TPSA) is 20.2 Å². The summed E-state index contributed by atoms with van der Waals surface area (Å²) in [7, 11) is 0. The van der Waals surface area contributed by atoms with Crippen LogP contribution in [0.5, 0.6) is 0 Å². The summed E-state index contributed by atoms with van der Waals surface area (Å²) in [6, 6.07) is 0. The predicted molar refractivity (Wildman–Crippen MR) is 24.8 cm³/mol. The van der Waals surface area contributed by atoms with Gasteiger partial charge in [0, 0.05) is 0 Å². The number of aliphatic hydroxyl groups is 1. The average molecular weight is 104 g/mol. The molecule has 0 aromatic rings. The highest BCUT2D eigenvalue weighted by molar-refractivity contribution is 4.86. The molecule has 1 saturated carbocycles. The molecule has 0 aromatic carbocycles. The Bertz CT molecular complexity index is 63.0. The van der Waals surface area contributed by atoms with Crippen molar-refractivity contribution in [3.05, 3.63) is 0 Å². The summed E-state index contributed by atoms with van der Waals surface area (Å²) in [5, 5.41) is 8.27. The lowest BCUT2D eigenvalue weighted by Gasteiger charge is -2.31. The van der Waals surface area contributed by atoms with E-state index in [4.69, 9.17) is 5.11 Å². The molecule has 1 rings (SSSR count). The molecular formula is C5H9FO. The highest BCUT2D eigenvalue weighted by atomic mass is 19.1. The van der Waals surface area contributed by atoms with Gasteiger partial charge < -0.3 is 5.11 Å². The second-order valence-electron chi connectivity index (χ2n) is 2.16. The SMILES string of the molecule is OCC1(F)CCC1. The summed E-state index contributed by atoms with van der Waals surface area (Å²) in [6.07, 6.45) is 2.06. The minimum Gasteiger partial charge on any atom is -0.393 e. The maximum atomic E-state index is 12.4. The molecule has 0 bridgehead atoms. The number of hydrogen-bond donors (Lipinski definition) is 1. The normalized spacial score (nSPS) is 26.6. The van der Waals surface area contributed by atoms with Crippen LogP contribution in [0, 0.1) is 0 Å². The number of hydrogen-bond acceptors (Lipinski definition) is 1. The van der Waals surface area contributed by atoms with E-state index in [0.717, 1.165) is 6.42 Å². The van der Waals surface area contributed by atoms with Crippen molar-refractivity contribution >= 4 is 0 Å². The zero-order valence-electron chi connectivity index (χ0n) is 4.15. The van der Waals surface area contributed by atoms with Crippen LogP contribution in [0.4, 0.5) is 4.39 Å². The molecule has 0 radical (unpaired) electrons. The van der Waals surface area contributed by atoms with E-state index in [1.807, 2.05) is 0 Å². The van der Waals surface area contributed by atoms with Gasteiger partial charge in [-0.2, -0.15) is 0 Å². The Balaban J connectivity index is 2.29. The van der Waals surface area contributed by atoms with E-state index >= 15 is 0 Å². The Labute approximate surface area is 42.2 Å². The quantitative estimate of drug-likeness (QED) is 0.523. The van der Waals surface area contributed by atoms with Crippen LogP contribution in [0.1, 0.15) is 19.3 Å². The van der Waals surface area contributed by atoms with E-state index in [9.17, 15) is 4.39 Å². The van der Waals surface area contributed by atoms with Gasteiger partial charge in [-0.1, -0.05) is 0 Å². The smallest absolute Gasteiger partial charge is 0.134 e. The third-order valence-electron chi connectivity index (χ3n) is 1.53. The molecular weight excluding hydrogens is 95.1 g/mol. The standard InChI is InChI=1S/C5H9FO/c6-5(4-7)2-1-3-5/h7H,1-4H2. The minimum absolute atomic E-state index is 0.285. The summed E-state index contributed by atoms with van der Waals surface area (Å²) >= 11 is 0. The van der Waals surface area contributed by atoms with E-state index in [1.165, 1.54) is 0 Å². The first kappa shape index (κ1) is 5.04. The molecule has 1 aliphatic carbocycles. The van der Waals surface area contributed by atoms with E-state index in [0.29, 0.717) is 12.8 Å². The van der Waals surface area contributed by atoms with Crippen molar-refractivity contribution in [3.8, 4) is 0 Å². The molecule has 0 saturated heterocycles. The molecule has 1 fully saturated rings. The van der Waals surface area contributed by atoms with Gasteiger partial charge in [0.05, 0.1) is 6.61 Å². The minimum atomic E-state index is -1.18. The maximum absolute atomic E-state index is 12.4.